The molecule has 1 unspecified atom stereocenters. The number of nitrogens with one attached hydrogen (secondary N) is 1. The van der Waals surface area contributed by atoms with Crippen molar-refractivity contribution in [2.75, 3.05) is 27.4 Å². The Labute approximate surface area is 240 Å². The number of carbonyl (C=O) groups is 1. The zero-order chi connectivity index (χ0) is 29.1. The van der Waals surface area contributed by atoms with Gasteiger partial charge in [0, 0.05) is 17.7 Å². The van der Waals surface area contributed by atoms with Gasteiger partial charge in [0.2, 0.25) is 0 Å². The van der Waals surface area contributed by atoms with Gasteiger partial charge in [0.05, 0.1) is 26.9 Å². The minimum Gasteiger partial charge on any atom is -0.507 e. The van der Waals surface area contributed by atoms with E-state index >= 15 is 0 Å². The number of hydrogen-bond donors (Lipinski definition) is 2. The molecular formula is C33H37N3O5. The first-order valence-corrected chi connectivity index (χ1v) is 14.0. The quantitative estimate of drug-likeness (QED) is 0.208. The number of rotatable bonds is 11. The third kappa shape index (κ3) is 5.46. The highest BCUT2D eigenvalue weighted by atomic mass is 16.5. The van der Waals surface area contributed by atoms with Gasteiger partial charge in [0.25, 0.3) is 5.91 Å². The predicted octanol–water partition coefficient (Wildman–Crippen LogP) is 6.38. The molecular weight excluding hydrogens is 518 g/mol. The van der Waals surface area contributed by atoms with Gasteiger partial charge < -0.3 is 24.2 Å². The van der Waals surface area contributed by atoms with Gasteiger partial charge in [-0.25, -0.2) is 0 Å². The Bertz CT molecular complexity index is 1520. The van der Waals surface area contributed by atoms with Crippen molar-refractivity contribution in [3.8, 4) is 34.3 Å². The molecule has 8 heteroatoms. The van der Waals surface area contributed by atoms with E-state index in [9.17, 15) is 9.90 Å². The summed E-state index contributed by atoms with van der Waals surface area (Å²) in [6, 6.07) is 17.0. The number of ether oxygens (including phenoxy) is 3. The zero-order valence-electron chi connectivity index (χ0n) is 24.3. The fourth-order valence-corrected chi connectivity index (χ4v) is 5.56. The van der Waals surface area contributed by atoms with Crippen molar-refractivity contribution in [1.82, 2.24) is 15.1 Å². The summed E-state index contributed by atoms with van der Waals surface area (Å²) in [5, 5.41) is 18.5. The van der Waals surface area contributed by atoms with Crippen molar-refractivity contribution in [2.24, 2.45) is 0 Å². The number of aromatic nitrogens is 2. The molecule has 3 aromatic carbocycles. The standard InChI is InChI=1S/C33H37N3O5/c1-6-7-16-41-26-13-10-23(19-27(26)40-5)32-29-30(28-21(3)17-20(2)18-25(28)37)34-35-31(29)33(38)36(32)15-14-22-8-11-24(39-4)12-9-22/h8-13,17-19,32,37H,6-7,14-16H2,1-5H3,(H,34,35). The SMILES string of the molecule is CCCCOc1ccc(C2c3c(-c4c(C)cc(C)cc4O)n[nH]c3C(=O)N2CCc2ccc(OC)cc2)cc1OC. The summed E-state index contributed by atoms with van der Waals surface area (Å²) in [4.78, 5) is 15.7. The zero-order valence-corrected chi connectivity index (χ0v) is 24.3. The van der Waals surface area contributed by atoms with E-state index in [4.69, 9.17) is 14.2 Å². The molecule has 5 rings (SSSR count). The molecule has 0 radical (unpaired) electrons. The van der Waals surface area contributed by atoms with Crippen LogP contribution in [0.1, 0.15) is 64.1 Å². The maximum Gasteiger partial charge on any atom is 0.273 e. The summed E-state index contributed by atoms with van der Waals surface area (Å²) in [6.07, 6.45) is 2.64. The molecule has 0 aliphatic carbocycles. The van der Waals surface area contributed by atoms with Gasteiger partial charge in [-0.2, -0.15) is 5.10 Å². The van der Waals surface area contributed by atoms with Gasteiger partial charge in [-0.15, -0.1) is 0 Å². The molecule has 1 amide bonds. The number of carbonyl (C=O) groups excluding carboxylic acids is 1. The van der Waals surface area contributed by atoms with Crippen molar-refractivity contribution in [2.45, 2.75) is 46.1 Å². The first kappa shape index (κ1) is 28.1. The van der Waals surface area contributed by atoms with Crippen LogP contribution in [0.15, 0.2) is 54.6 Å². The summed E-state index contributed by atoms with van der Waals surface area (Å²) in [7, 11) is 3.26. The molecule has 1 aliphatic rings. The number of nitrogens with zero attached hydrogens (tertiary/aromatic N) is 2. The summed E-state index contributed by atoms with van der Waals surface area (Å²) in [5.41, 5.74) is 6.17. The number of amides is 1. The molecule has 8 nitrogen and oxygen atoms in total. The van der Waals surface area contributed by atoms with E-state index < -0.39 is 6.04 Å². The number of aromatic hydroxyl groups is 1. The highest BCUT2D eigenvalue weighted by Crippen LogP contribution is 2.47. The van der Waals surface area contributed by atoms with Gasteiger partial charge in [-0.05, 0) is 79.3 Å². The third-order valence-corrected chi connectivity index (χ3v) is 7.62. The van der Waals surface area contributed by atoms with Crippen LogP contribution in [0.4, 0.5) is 0 Å². The minimum atomic E-state index is -0.441. The summed E-state index contributed by atoms with van der Waals surface area (Å²) in [6.45, 7) is 7.09. The topological polar surface area (TPSA) is 96.9 Å². The number of phenols is 1. The van der Waals surface area contributed by atoms with Crippen molar-refractivity contribution in [3.05, 3.63) is 88.1 Å². The Kier molecular flexibility index (Phi) is 8.19. The van der Waals surface area contributed by atoms with Crippen molar-refractivity contribution in [3.63, 3.8) is 0 Å². The maximum atomic E-state index is 13.9. The normalized spacial score (nSPS) is 14.3. The largest absolute Gasteiger partial charge is 0.507 e. The number of fused-ring (bicyclic) bond motifs is 1. The molecule has 4 aromatic rings. The van der Waals surface area contributed by atoms with Crippen LogP contribution in [-0.2, 0) is 6.42 Å². The molecule has 2 heterocycles. The maximum absolute atomic E-state index is 13.9. The summed E-state index contributed by atoms with van der Waals surface area (Å²) in [5.74, 6) is 2.06. The number of phenolic OH excluding ortho intramolecular Hbond substituents is 1. The lowest BCUT2D eigenvalue weighted by molar-refractivity contribution is 0.0745. The molecule has 0 bridgehead atoms. The Balaban J connectivity index is 1.58. The highest BCUT2D eigenvalue weighted by Gasteiger charge is 2.42. The van der Waals surface area contributed by atoms with Gasteiger partial charge in [0.15, 0.2) is 11.5 Å². The van der Waals surface area contributed by atoms with Gasteiger partial charge >= 0.3 is 0 Å². The molecule has 41 heavy (non-hydrogen) atoms. The lowest BCUT2D eigenvalue weighted by Crippen LogP contribution is -2.31. The van der Waals surface area contributed by atoms with Crippen molar-refractivity contribution >= 4 is 5.91 Å². The number of aryl methyl sites for hydroxylation is 2. The smallest absolute Gasteiger partial charge is 0.273 e. The van der Waals surface area contributed by atoms with E-state index in [1.165, 1.54) is 0 Å². The molecule has 2 N–H and O–H groups in total. The average Bonchev–Trinajstić information content (AvgIpc) is 3.50. The number of unbranched alkanes of at least 4 members (excludes halogenated alkanes) is 1. The molecule has 0 spiro atoms. The van der Waals surface area contributed by atoms with Crippen LogP contribution in [0.2, 0.25) is 0 Å². The minimum absolute atomic E-state index is 0.135. The summed E-state index contributed by atoms with van der Waals surface area (Å²) >= 11 is 0. The van der Waals surface area contributed by atoms with Crippen LogP contribution in [-0.4, -0.2) is 53.5 Å². The number of hydrogen-bond acceptors (Lipinski definition) is 6. The molecule has 1 aliphatic heterocycles. The van der Waals surface area contributed by atoms with E-state index in [2.05, 4.69) is 17.1 Å². The van der Waals surface area contributed by atoms with Crippen molar-refractivity contribution < 1.29 is 24.1 Å². The van der Waals surface area contributed by atoms with Gasteiger partial charge in [-0.3, -0.25) is 9.89 Å². The van der Waals surface area contributed by atoms with Crippen LogP contribution < -0.4 is 14.2 Å². The number of methoxy groups -OCH3 is 2. The summed E-state index contributed by atoms with van der Waals surface area (Å²) < 4.78 is 17.0. The average molecular weight is 556 g/mol. The number of benzene rings is 3. The molecule has 0 fully saturated rings. The fourth-order valence-electron chi connectivity index (χ4n) is 5.56. The number of H-pyrrole nitrogens is 1. The Morgan fingerprint density at radius 1 is 1.00 bits per heavy atom. The van der Waals surface area contributed by atoms with Crippen molar-refractivity contribution in [1.29, 1.82) is 0 Å². The Morgan fingerprint density at radius 2 is 1.78 bits per heavy atom. The van der Waals surface area contributed by atoms with Crippen LogP contribution in [0, 0.1) is 13.8 Å². The van der Waals surface area contributed by atoms with E-state index in [-0.39, 0.29) is 11.7 Å². The van der Waals surface area contributed by atoms with E-state index in [0.717, 1.165) is 46.4 Å². The highest BCUT2D eigenvalue weighted by molar-refractivity contribution is 6.00. The van der Waals surface area contributed by atoms with Crippen LogP contribution in [0.3, 0.4) is 0 Å². The molecule has 1 atom stereocenters. The van der Waals surface area contributed by atoms with Crippen LogP contribution in [0.25, 0.3) is 11.3 Å². The fraction of sp³-hybridized carbons (Fsp3) is 0.333. The second kappa shape index (κ2) is 12.0. The third-order valence-electron chi connectivity index (χ3n) is 7.62. The van der Waals surface area contributed by atoms with E-state index in [1.807, 2.05) is 67.3 Å². The van der Waals surface area contributed by atoms with Gasteiger partial charge in [0.1, 0.15) is 22.9 Å². The molecule has 0 saturated carbocycles. The van der Waals surface area contributed by atoms with E-state index in [1.54, 1.807) is 20.3 Å². The van der Waals surface area contributed by atoms with Crippen LogP contribution in [0.5, 0.6) is 23.0 Å². The first-order valence-electron chi connectivity index (χ1n) is 14.0. The molecule has 214 valence electrons. The molecule has 1 aromatic heterocycles. The Morgan fingerprint density at radius 3 is 2.46 bits per heavy atom. The number of aromatic amines is 1. The first-order chi connectivity index (χ1) is 19.9. The predicted molar refractivity (Wildman–Crippen MR) is 158 cm³/mol. The lowest BCUT2D eigenvalue weighted by Gasteiger charge is -2.27. The second-order valence-corrected chi connectivity index (χ2v) is 10.4. The monoisotopic (exact) mass is 555 g/mol. The van der Waals surface area contributed by atoms with E-state index in [0.29, 0.717) is 48.0 Å². The Hall–Kier alpha value is -4.46. The lowest BCUT2D eigenvalue weighted by atomic mass is 9.93. The van der Waals surface area contributed by atoms with Gasteiger partial charge in [-0.1, -0.05) is 37.6 Å². The molecule has 0 saturated heterocycles. The van der Waals surface area contributed by atoms with Crippen LogP contribution >= 0.6 is 0 Å². The second-order valence-electron chi connectivity index (χ2n) is 10.4.